The predicted molar refractivity (Wildman–Crippen MR) is 140 cm³/mol. The van der Waals surface area contributed by atoms with E-state index in [1.54, 1.807) is 49.6 Å². The van der Waals surface area contributed by atoms with Crippen molar-refractivity contribution in [1.29, 1.82) is 0 Å². The molecule has 12 heteroatoms. The highest BCUT2D eigenvalue weighted by Crippen LogP contribution is 2.37. The third-order valence-corrected chi connectivity index (χ3v) is 6.47. The average molecular weight is 535 g/mol. The van der Waals surface area contributed by atoms with Gasteiger partial charge in [0.25, 0.3) is 5.91 Å². The molecule has 0 radical (unpaired) electrons. The first-order valence-electron chi connectivity index (χ1n) is 10.5. The van der Waals surface area contributed by atoms with E-state index < -0.39 is 11.8 Å². The molecular weight excluding hydrogens is 512 g/mol. The van der Waals surface area contributed by atoms with Crippen molar-refractivity contribution in [3.8, 4) is 11.5 Å². The lowest BCUT2D eigenvalue weighted by molar-refractivity contribution is -0.124. The lowest BCUT2D eigenvalue weighted by Crippen LogP contribution is -2.48. The molecule has 184 valence electrons. The maximum absolute atomic E-state index is 12.6. The van der Waals surface area contributed by atoms with Crippen molar-refractivity contribution < 1.29 is 23.9 Å². The molecule has 3 aromatic rings. The Morgan fingerprint density at radius 2 is 1.69 bits per heavy atom. The first-order chi connectivity index (χ1) is 16.8. The number of anilines is 1. The number of hydrogen-bond donors (Lipinski definition) is 4. The highest BCUT2D eigenvalue weighted by Gasteiger charge is 2.19. The molecule has 35 heavy (non-hydrogen) atoms. The Labute approximate surface area is 216 Å². The molecule has 9 nitrogen and oxygen atoms in total. The maximum atomic E-state index is 12.6. The van der Waals surface area contributed by atoms with Gasteiger partial charge in [0.2, 0.25) is 11.8 Å². The van der Waals surface area contributed by atoms with Crippen molar-refractivity contribution in [3.63, 3.8) is 0 Å². The highest BCUT2D eigenvalue weighted by atomic mass is 35.5. The normalized spacial score (nSPS) is 10.4. The van der Waals surface area contributed by atoms with E-state index in [2.05, 4.69) is 21.5 Å². The zero-order valence-corrected chi connectivity index (χ0v) is 21.3. The Balaban J connectivity index is 1.42. The largest absolute Gasteiger partial charge is 0.497 e. The lowest BCUT2D eigenvalue weighted by atomic mass is 10.2. The molecule has 0 unspecified atom stereocenters. The van der Waals surface area contributed by atoms with Crippen molar-refractivity contribution in [2.45, 2.75) is 19.8 Å². The first kappa shape index (κ1) is 26.2. The van der Waals surface area contributed by atoms with Crippen LogP contribution in [-0.2, 0) is 9.59 Å². The lowest BCUT2D eigenvalue weighted by Gasteiger charge is -2.10. The Hall–Kier alpha value is -3.41. The number of methoxy groups -OCH3 is 1. The minimum atomic E-state index is -0.517. The summed E-state index contributed by atoms with van der Waals surface area (Å²) in [6.07, 6.45) is -0.128. The third-order valence-electron chi connectivity index (χ3n) is 4.61. The Morgan fingerprint density at radius 1 is 1.00 bits per heavy atom. The van der Waals surface area contributed by atoms with Crippen molar-refractivity contribution in [2.24, 2.45) is 0 Å². The van der Waals surface area contributed by atoms with Gasteiger partial charge in [-0.15, -0.1) is 11.3 Å². The van der Waals surface area contributed by atoms with Gasteiger partial charge in [-0.05, 0) is 61.6 Å². The topological polar surface area (TPSA) is 118 Å². The molecule has 0 saturated carbocycles. The van der Waals surface area contributed by atoms with Crippen LogP contribution in [0.3, 0.4) is 0 Å². The van der Waals surface area contributed by atoms with E-state index in [1.807, 2.05) is 6.92 Å². The molecule has 1 aromatic heterocycles. The molecule has 1 heterocycles. The van der Waals surface area contributed by atoms with Gasteiger partial charge < -0.3 is 14.8 Å². The van der Waals surface area contributed by atoms with Gasteiger partial charge in [-0.3, -0.25) is 30.6 Å². The van der Waals surface area contributed by atoms with Crippen LogP contribution in [0, 0.1) is 0 Å². The number of nitrogens with one attached hydrogen (secondary N) is 4. The third kappa shape index (κ3) is 7.28. The van der Waals surface area contributed by atoms with Gasteiger partial charge >= 0.3 is 0 Å². The van der Waals surface area contributed by atoms with E-state index in [9.17, 15) is 14.4 Å². The van der Waals surface area contributed by atoms with Crippen LogP contribution in [0.1, 0.15) is 29.4 Å². The number of carbonyl (C=O) groups excluding carboxylic acids is 3. The van der Waals surface area contributed by atoms with Gasteiger partial charge in [-0.2, -0.15) is 0 Å². The van der Waals surface area contributed by atoms with E-state index in [-0.39, 0.29) is 28.7 Å². The first-order valence-corrected chi connectivity index (χ1v) is 12.1. The fourth-order valence-corrected chi connectivity index (χ4v) is 4.53. The summed E-state index contributed by atoms with van der Waals surface area (Å²) in [6.45, 7) is 2.44. The second-order valence-electron chi connectivity index (χ2n) is 7.07. The number of fused-ring (bicyclic) bond motifs is 1. The number of amides is 3. The van der Waals surface area contributed by atoms with E-state index in [0.29, 0.717) is 28.8 Å². The van der Waals surface area contributed by atoms with Gasteiger partial charge in [0.1, 0.15) is 16.4 Å². The molecule has 2 aromatic carbocycles. The smallest absolute Gasteiger partial charge is 0.269 e. The minimum Gasteiger partial charge on any atom is -0.497 e. The van der Waals surface area contributed by atoms with E-state index in [1.165, 1.54) is 11.3 Å². The molecule has 4 N–H and O–H groups in total. The maximum Gasteiger partial charge on any atom is 0.269 e. The van der Waals surface area contributed by atoms with E-state index in [0.717, 1.165) is 10.1 Å². The average Bonchev–Trinajstić information content (AvgIpc) is 3.18. The number of ether oxygens (including phenoxy) is 2. The summed E-state index contributed by atoms with van der Waals surface area (Å²) in [5.74, 6) is 0.0348. The molecule has 0 aliphatic rings. The molecule has 3 rings (SSSR count). The standard InChI is InChI=1S/C23H23ClN4O5S2/c1-3-33-14-6-4-13(5-7-14)25-18(29)10-11-19(30)27-28-23(34)26-22(31)21-20(24)16-9-8-15(32-2)12-17(16)35-21/h4-9,12H,3,10-11H2,1-2H3,(H,25,29)(H,27,30)(H2,26,28,31,34). The number of rotatable bonds is 8. The number of hydrazine groups is 1. The quantitative estimate of drug-likeness (QED) is 0.255. The SMILES string of the molecule is CCOc1ccc(NC(=O)CCC(=O)NNC(=S)NC(=O)c2sc3cc(OC)ccc3c2Cl)cc1. The van der Waals surface area contributed by atoms with Crippen LogP contribution in [0.15, 0.2) is 42.5 Å². The van der Waals surface area contributed by atoms with Crippen molar-refractivity contribution in [3.05, 3.63) is 52.4 Å². The Bertz CT molecular complexity index is 1250. The van der Waals surface area contributed by atoms with Crippen LogP contribution < -0.4 is 31.0 Å². The fourth-order valence-electron chi connectivity index (χ4n) is 2.95. The Kier molecular flexibility index (Phi) is 9.24. The summed E-state index contributed by atoms with van der Waals surface area (Å²) in [6, 6.07) is 12.2. The molecule has 0 aliphatic heterocycles. The van der Waals surface area contributed by atoms with Crippen molar-refractivity contribution in [2.75, 3.05) is 19.0 Å². The molecule has 0 spiro atoms. The molecule has 0 aliphatic carbocycles. The summed E-state index contributed by atoms with van der Waals surface area (Å²) in [4.78, 5) is 37.0. The summed E-state index contributed by atoms with van der Waals surface area (Å²) in [7, 11) is 1.55. The van der Waals surface area contributed by atoms with Crippen LogP contribution in [0.25, 0.3) is 10.1 Å². The molecule has 0 saturated heterocycles. The highest BCUT2D eigenvalue weighted by molar-refractivity contribution is 7.80. The number of halogens is 1. The number of hydrogen-bond acceptors (Lipinski definition) is 7. The van der Waals surface area contributed by atoms with Crippen LogP contribution in [0.2, 0.25) is 5.02 Å². The number of carbonyl (C=O) groups is 3. The summed E-state index contributed by atoms with van der Waals surface area (Å²) < 4.78 is 11.3. The summed E-state index contributed by atoms with van der Waals surface area (Å²) in [5.41, 5.74) is 5.39. The fraction of sp³-hybridized carbons (Fsp3) is 0.217. The zero-order valence-electron chi connectivity index (χ0n) is 18.9. The summed E-state index contributed by atoms with van der Waals surface area (Å²) in [5, 5.41) is 6.07. The Morgan fingerprint density at radius 3 is 2.37 bits per heavy atom. The minimum absolute atomic E-state index is 0.0410. The van der Waals surface area contributed by atoms with Gasteiger partial charge in [0, 0.05) is 28.6 Å². The van der Waals surface area contributed by atoms with Crippen molar-refractivity contribution in [1.82, 2.24) is 16.2 Å². The van der Waals surface area contributed by atoms with Gasteiger partial charge in [-0.1, -0.05) is 11.6 Å². The number of thiophene rings is 1. The van der Waals surface area contributed by atoms with E-state index >= 15 is 0 Å². The number of thiocarbonyl (C=S) groups is 1. The van der Waals surface area contributed by atoms with Gasteiger partial charge in [-0.25, -0.2) is 0 Å². The van der Waals surface area contributed by atoms with Crippen LogP contribution >= 0.6 is 35.2 Å². The molecule has 0 bridgehead atoms. The number of benzene rings is 2. The van der Waals surface area contributed by atoms with Crippen LogP contribution in [0.5, 0.6) is 11.5 Å². The van der Waals surface area contributed by atoms with Gasteiger partial charge in [0.15, 0.2) is 5.11 Å². The molecular formula is C23H23ClN4O5S2. The second kappa shape index (κ2) is 12.3. The van der Waals surface area contributed by atoms with Crippen LogP contribution in [0.4, 0.5) is 5.69 Å². The predicted octanol–water partition coefficient (Wildman–Crippen LogP) is 4.02. The van der Waals surface area contributed by atoms with Crippen LogP contribution in [-0.4, -0.2) is 36.6 Å². The van der Waals surface area contributed by atoms with Gasteiger partial charge in [0.05, 0.1) is 18.7 Å². The molecule has 0 atom stereocenters. The zero-order chi connectivity index (χ0) is 25.4. The van der Waals surface area contributed by atoms with Crippen molar-refractivity contribution >= 4 is 73.8 Å². The molecule has 0 fully saturated rings. The molecule has 3 amide bonds. The van der Waals surface area contributed by atoms with E-state index in [4.69, 9.17) is 33.3 Å². The summed E-state index contributed by atoms with van der Waals surface area (Å²) >= 11 is 12.6. The monoisotopic (exact) mass is 534 g/mol. The second-order valence-corrected chi connectivity index (χ2v) is 8.91.